The van der Waals surface area contributed by atoms with Gasteiger partial charge in [0.25, 0.3) is 0 Å². The van der Waals surface area contributed by atoms with E-state index in [4.69, 9.17) is 4.84 Å². The number of aromatic nitrogens is 5. The molecule has 0 spiro atoms. The van der Waals surface area contributed by atoms with Crippen molar-refractivity contribution in [3.63, 3.8) is 0 Å². The minimum atomic E-state index is -0.628. The second kappa shape index (κ2) is 6.86. The van der Waals surface area contributed by atoms with E-state index >= 15 is 0 Å². The molecule has 0 atom stereocenters. The Hall–Kier alpha value is -3.59. The van der Waals surface area contributed by atoms with Crippen LogP contribution < -0.4 is 16.1 Å². The lowest BCUT2D eigenvalue weighted by atomic mass is 10.2. The van der Waals surface area contributed by atoms with Gasteiger partial charge in [0, 0.05) is 19.8 Å². The van der Waals surface area contributed by atoms with Crippen LogP contribution in [0.1, 0.15) is 0 Å². The number of benzene rings is 1. The molecule has 0 unspecified atom stereocenters. The summed E-state index contributed by atoms with van der Waals surface area (Å²) in [6, 6.07) is 9.60. The second-order valence-corrected chi connectivity index (χ2v) is 6.24. The van der Waals surface area contributed by atoms with Crippen molar-refractivity contribution < 1.29 is 9.94 Å². The Balaban J connectivity index is 2.09. The van der Waals surface area contributed by atoms with Crippen molar-refractivity contribution in [2.45, 2.75) is 6.54 Å². The normalized spacial score (nSPS) is 11.4. The molecule has 0 fully saturated rings. The largest absolute Gasteiger partial charge is 0.402 e. The summed E-state index contributed by atoms with van der Waals surface area (Å²) in [4.78, 5) is 35.2. The third-order valence-corrected chi connectivity index (χ3v) is 4.54. The summed E-state index contributed by atoms with van der Waals surface area (Å²) in [7, 11) is 1.53. The van der Waals surface area contributed by atoms with Crippen molar-refractivity contribution in [1.82, 2.24) is 23.2 Å². The lowest BCUT2D eigenvalue weighted by molar-refractivity contribution is 0.113. The topological polar surface area (TPSA) is 95.7 Å². The molecule has 0 amide bonds. The molecule has 0 aliphatic rings. The molecule has 3 heterocycles. The first-order chi connectivity index (χ1) is 13.6. The fourth-order valence-corrected chi connectivity index (χ4v) is 3.26. The molecule has 28 heavy (non-hydrogen) atoms. The molecule has 0 aliphatic heterocycles. The highest BCUT2D eigenvalue weighted by molar-refractivity contribution is 5.78. The number of nitrogens with zero attached hydrogens (tertiary/aromatic N) is 5. The molecule has 0 bridgehead atoms. The monoisotopic (exact) mass is 381 g/mol. The quantitative estimate of drug-likeness (QED) is 0.489. The van der Waals surface area contributed by atoms with Crippen LogP contribution in [-0.2, 0) is 13.6 Å². The summed E-state index contributed by atoms with van der Waals surface area (Å²) >= 11 is 0. The van der Waals surface area contributed by atoms with Crippen LogP contribution in [0.4, 0.5) is 0 Å². The Labute approximate surface area is 158 Å². The number of aliphatic hydroxyl groups excluding tert-OH is 1. The number of imidazole rings is 2. The molecular formula is C19H19N5O4. The van der Waals surface area contributed by atoms with Gasteiger partial charge < -0.3 is 14.5 Å². The van der Waals surface area contributed by atoms with E-state index in [0.29, 0.717) is 17.1 Å². The Bertz CT molecular complexity index is 1290. The maximum absolute atomic E-state index is 13.0. The van der Waals surface area contributed by atoms with E-state index < -0.39 is 11.2 Å². The third kappa shape index (κ3) is 2.55. The smallest absolute Gasteiger partial charge is 0.366 e. The van der Waals surface area contributed by atoms with E-state index in [9.17, 15) is 14.7 Å². The van der Waals surface area contributed by atoms with Gasteiger partial charge in [-0.15, -0.1) is 0 Å². The fraction of sp³-hybridized carbons (Fsp3) is 0.211. The highest BCUT2D eigenvalue weighted by Crippen LogP contribution is 2.25. The molecule has 9 heteroatoms. The Morgan fingerprint density at radius 3 is 2.68 bits per heavy atom. The summed E-state index contributed by atoms with van der Waals surface area (Å²) in [5.74, 6) is 0.455. The Morgan fingerprint density at radius 2 is 2.00 bits per heavy atom. The van der Waals surface area contributed by atoms with Crippen molar-refractivity contribution in [1.29, 1.82) is 0 Å². The van der Waals surface area contributed by atoms with Crippen LogP contribution in [0.5, 0.6) is 0 Å². The third-order valence-electron chi connectivity index (χ3n) is 4.54. The zero-order valence-corrected chi connectivity index (χ0v) is 15.3. The van der Waals surface area contributed by atoms with Crippen molar-refractivity contribution in [2.75, 3.05) is 13.2 Å². The average molecular weight is 381 g/mol. The first-order valence-corrected chi connectivity index (χ1v) is 8.72. The molecule has 0 saturated heterocycles. The molecule has 0 aliphatic carbocycles. The van der Waals surface area contributed by atoms with E-state index in [0.717, 1.165) is 11.3 Å². The van der Waals surface area contributed by atoms with Gasteiger partial charge in [0.05, 0.1) is 12.3 Å². The zero-order valence-electron chi connectivity index (χ0n) is 15.3. The molecule has 144 valence electrons. The highest BCUT2D eigenvalue weighted by atomic mass is 16.7. The maximum Gasteiger partial charge on any atom is 0.366 e. The van der Waals surface area contributed by atoms with E-state index in [-0.39, 0.29) is 24.4 Å². The number of aryl methyl sites for hydroxylation is 1. The van der Waals surface area contributed by atoms with Gasteiger partial charge in [-0.3, -0.25) is 13.8 Å². The maximum atomic E-state index is 13.0. The molecule has 3 aromatic heterocycles. The fourth-order valence-electron chi connectivity index (χ4n) is 3.26. The van der Waals surface area contributed by atoms with Gasteiger partial charge in [0.2, 0.25) is 5.78 Å². The summed E-state index contributed by atoms with van der Waals surface area (Å²) < 4.78 is 5.42. The number of fused-ring (bicyclic) bond motifs is 3. The van der Waals surface area contributed by atoms with Gasteiger partial charge >= 0.3 is 11.2 Å². The molecule has 0 saturated carbocycles. The minimum absolute atomic E-state index is 0.0173. The highest BCUT2D eigenvalue weighted by Gasteiger charge is 2.22. The molecule has 1 aromatic carbocycles. The number of rotatable bonds is 6. The predicted molar refractivity (Wildman–Crippen MR) is 104 cm³/mol. The summed E-state index contributed by atoms with van der Waals surface area (Å²) in [6.07, 6.45) is 3.23. The predicted octanol–water partition coefficient (Wildman–Crippen LogP) is 0.423. The van der Waals surface area contributed by atoms with Crippen LogP contribution in [0.2, 0.25) is 0 Å². The molecule has 1 N–H and O–H groups in total. The van der Waals surface area contributed by atoms with Gasteiger partial charge in [-0.1, -0.05) is 47.7 Å². The van der Waals surface area contributed by atoms with Crippen LogP contribution in [-0.4, -0.2) is 41.6 Å². The number of hydrogen-bond acceptors (Lipinski definition) is 5. The molecule has 9 nitrogen and oxygen atoms in total. The first-order valence-electron chi connectivity index (χ1n) is 8.72. The van der Waals surface area contributed by atoms with Gasteiger partial charge in [-0.25, -0.2) is 4.79 Å². The van der Waals surface area contributed by atoms with Crippen molar-refractivity contribution >= 4 is 16.9 Å². The summed E-state index contributed by atoms with van der Waals surface area (Å²) in [5.41, 5.74) is 0.948. The van der Waals surface area contributed by atoms with Crippen molar-refractivity contribution in [3.8, 4) is 11.3 Å². The Kier molecular flexibility index (Phi) is 4.36. The van der Waals surface area contributed by atoms with E-state index in [1.807, 2.05) is 34.9 Å². The minimum Gasteiger partial charge on any atom is -0.402 e. The van der Waals surface area contributed by atoms with E-state index in [1.165, 1.54) is 17.7 Å². The first kappa shape index (κ1) is 17.8. The van der Waals surface area contributed by atoms with Gasteiger partial charge in [-0.05, 0) is 5.56 Å². The summed E-state index contributed by atoms with van der Waals surface area (Å²) in [6.45, 7) is 3.74. The van der Waals surface area contributed by atoms with Crippen LogP contribution in [0, 0.1) is 0 Å². The van der Waals surface area contributed by atoms with Gasteiger partial charge in [0.1, 0.15) is 6.61 Å². The molecule has 0 radical (unpaired) electrons. The van der Waals surface area contributed by atoms with E-state index in [1.54, 1.807) is 10.6 Å². The van der Waals surface area contributed by atoms with Gasteiger partial charge in [0.15, 0.2) is 11.2 Å². The summed E-state index contributed by atoms with van der Waals surface area (Å²) in [5, 5.41) is 9.53. The lowest BCUT2D eigenvalue weighted by Crippen LogP contribution is -2.43. The Morgan fingerprint density at radius 1 is 1.25 bits per heavy atom. The van der Waals surface area contributed by atoms with Crippen LogP contribution in [0.3, 0.4) is 0 Å². The molecular weight excluding hydrogens is 362 g/mol. The second-order valence-electron chi connectivity index (χ2n) is 6.24. The number of aliphatic hydroxyl groups is 1. The molecule has 4 aromatic rings. The van der Waals surface area contributed by atoms with Gasteiger partial charge in [-0.2, -0.15) is 4.98 Å². The lowest BCUT2D eigenvalue weighted by Gasteiger charge is -2.08. The standard InChI is InChI=1S/C19H19N5O4/c1-3-11-28-24-17(26)15-16(21(2)19(24)27)20-18-22(9-10-25)14(12-23(15)18)13-7-5-4-6-8-13/h3-8,12,25H,1,9-11H2,2H3. The number of hydrogen-bond donors (Lipinski definition) is 1. The zero-order chi connectivity index (χ0) is 19.8. The SMILES string of the molecule is C=CCOn1c(=O)c2c(nc3n(CCO)c(-c4ccccc4)cn23)n(C)c1=O. The van der Waals surface area contributed by atoms with E-state index in [2.05, 4.69) is 11.6 Å². The van der Waals surface area contributed by atoms with Crippen LogP contribution >= 0.6 is 0 Å². The van der Waals surface area contributed by atoms with Crippen molar-refractivity contribution in [3.05, 3.63) is 70.0 Å². The van der Waals surface area contributed by atoms with Crippen LogP contribution in [0.25, 0.3) is 28.2 Å². The van der Waals surface area contributed by atoms with Crippen LogP contribution in [0.15, 0.2) is 58.8 Å². The average Bonchev–Trinajstić information content (AvgIpc) is 3.24. The molecule has 4 rings (SSSR count). The van der Waals surface area contributed by atoms with Crippen molar-refractivity contribution in [2.24, 2.45) is 7.05 Å².